The molecular weight excluding hydrogens is 423 g/mol. The second-order valence-electron chi connectivity index (χ2n) is 8.58. The van der Waals surface area contributed by atoms with Gasteiger partial charge in [0.1, 0.15) is 0 Å². The molecule has 3 atom stereocenters. The number of halogens is 3. The summed E-state index contributed by atoms with van der Waals surface area (Å²) in [6.07, 6.45) is 3.51. The summed E-state index contributed by atoms with van der Waals surface area (Å²) in [4.78, 5) is 10.4. The Labute approximate surface area is 184 Å². The SMILES string of the molecule is Fc1cnc(Nc2ccc(N3C4CCC3COC4)cc2)nc1OC[C@H]1CCNCC1(F)F. The lowest BCUT2D eigenvalue weighted by molar-refractivity contribution is -0.0870. The van der Waals surface area contributed by atoms with E-state index in [1.165, 1.54) is 0 Å². The fourth-order valence-electron chi connectivity index (χ4n) is 4.68. The smallest absolute Gasteiger partial charge is 0.266 e. The number of hydrogen-bond acceptors (Lipinski definition) is 7. The Kier molecular flexibility index (Phi) is 5.81. The van der Waals surface area contributed by atoms with E-state index in [1.807, 2.05) is 24.3 Å². The standard InChI is InChI=1S/C22H26F3N5O2/c23-19-9-27-21(29-20(19)32-10-14-7-8-26-13-22(14,24)25)28-15-1-3-16(4-2-15)30-17-5-6-18(30)12-31-11-17/h1-4,9,14,17-18,26H,5-8,10-13H2,(H,27,28,29)/t14-,17?,18?/m1/s1. The fraction of sp³-hybridized carbons (Fsp3) is 0.545. The molecule has 0 aliphatic carbocycles. The van der Waals surface area contributed by atoms with Crippen molar-refractivity contribution in [2.45, 2.75) is 37.3 Å². The Morgan fingerprint density at radius 1 is 1.16 bits per heavy atom. The number of aromatic nitrogens is 2. The zero-order valence-electron chi connectivity index (χ0n) is 17.6. The highest BCUT2D eigenvalue weighted by Crippen LogP contribution is 2.35. The Balaban J connectivity index is 1.24. The molecule has 0 spiro atoms. The number of nitrogens with zero attached hydrogens (tertiary/aromatic N) is 3. The number of morpholine rings is 1. The molecule has 1 aromatic carbocycles. The van der Waals surface area contributed by atoms with E-state index in [0.29, 0.717) is 18.6 Å². The van der Waals surface area contributed by atoms with Crippen LogP contribution in [0.15, 0.2) is 30.5 Å². The van der Waals surface area contributed by atoms with Gasteiger partial charge in [0.15, 0.2) is 0 Å². The third-order valence-electron chi connectivity index (χ3n) is 6.42. The average Bonchev–Trinajstić information content (AvgIpc) is 3.03. The van der Waals surface area contributed by atoms with Crippen LogP contribution in [0.4, 0.5) is 30.5 Å². The van der Waals surface area contributed by atoms with Gasteiger partial charge < -0.3 is 25.0 Å². The molecule has 0 radical (unpaired) electrons. The van der Waals surface area contributed by atoms with Crippen molar-refractivity contribution in [3.8, 4) is 5.88 Å². The van der Waals surface area contributed by atoms with Crippen molar-refractivity contribution in [3.05, 3.63) is 36.3 Å². The number of alkyl halides is 2. The van der Waals surface area contributed by atoms with E-state index in [1.54, 1.807) is 0 Å². The molecule has 4 heterocycles. The van der Waals surface area contributed by atoms with E-state index < -0.39 is 24.2 Å². The minimum atomic E-state index is -2.90. The first-order valence-electron chi connectivity index (χ1n) is 11.0. The van der Waals surface area contributed by atoms with Crippen molar-refractivity contribution in [1.82, 2.24) is 15.3 Å². The summed E-state index contributed by atoms with van der Waals surface area (Å²) < 4.78 is 53.0. The molecule has 5 rings (SSSR count). The maximum atomic E-state index is 14.1. The quantitative estimate of drug-likeness (QED) is 0.701. The van der Waals surface area contributed by atoms with Crippen LogP contribution >= 0.6 is 0 Å². The monoisotopic (exact) mass is 449 g/mol. The van der Waals surface area contributed by atoms with Gasteiger partial charge in [0.25, 0.3) is 11.8 Å². The normalized spacial score (nSPS) is 26.7. The van der Waals surface area contributed by atoms with E-state index in [0.717, 1.165) is 43.6 Å². The number of ether oxygens (including phenoxy) is 2. The number of rotatable bonds is 6. The van der Waals surface area contributed by atoms with Gasteiger partial charge in [0, 0.05) is 11.4 Å². The van der Waals surface area contributed by atoms with Gasteiger partial charge in [-0.15, -0.1) is 0 Å². The van der Waals surface area contributed by atoms with Crippen molar-refractivity contribution in [2.75, 3.05) is 43.1 Å². The van der Waals surface area contributed by atoms with Crippen molar-refractivity contribution in [2.24, 2.45) is 5.92 Å². The minimum Gasteiger partial charge on any atom is -0.475 e. The fourth-order valence-corrected chi connectivity index (χ4v) is 4.68. The Morgan fingerprint density at radius 2 is 1.91 bits per heavy atom. The molecule has 0 amide bonds. The summed E-state index contributed by atoms with van der Waals surface area (Å²) >= 11 is 0. The average molecular weight is 449 g/mol. The summed E-state index contributed by atoms with van der Waals surface area (Å²) in [6, 6.07) is 8.71. The summed E-state index contributed by atoms with van der Waals surface area (Å²) in [7, 11) is 0. The van der Waals surface area contributed by atoms with Crippen LogP contribution in [-0.2, 0) is 4.74 Å². The second-order valence-corrected chi connectivity index (χ2v) is 8.58. The molecule has 2 aromatic rings. The van der Waals surface area contributed by atoms with Gasteiger partial charge in [-0.1, -0.05) is 0 Å². The van der Waals surface area contributed by atoms with Crippen LogP contribution in [0.25, 0.3) is 0 Å². The van der Waals surface area contributed by atoms with Gasteiger partial charge in [-0.25, -0.2) is 13.8 Å². The number of fused-ring (bicyclic) bond motifs is 2. The Bertz CT molecular complexity index is 930. The number of benzene rings is 1. The molecule has 7 nitrogen and oxygen atoms in total. The molecule has 0 saturated carbocycles. The molecule has 3 aliphatic heterocycles. The van der Waals surface area contributed by atoms with Gasteiger partial charge >= 0.3 is 0 Å². The van der Waals surface area contributed by atoms with Gasteiger partial charge in [-0.3, -0.25) is 0 Å². The lowest BCUT2D eigenvalue weighted by atomic mass is 9.95. The molecule has 10 heteroatoms. The first-order chi connectivity index (χ1) is 15.5. The zero-order chi connectivity index (χ0) is 22.1. The molecule has 2 N–H and O–H groups in total. The molecule has 2 bridgehead atoms. The maximum absolute atomic E-state index is 14.1. The van der Waals surface area contributed by atoms with Crippen LogP contribution in [-0.4, -0.2) is 60.9 Å². The summed E-state index contributed by atoms with van der Waals surface area (Å²) in [5, 5.41) is 5.68. The molecular formula is C22H26F3N5O2. The third kappa shape index (κ3) is 4.33. The summed E-state index contributed by atoms with van der Waals surface area (Å²) in [5.41, 5.74) is 1.87. The number of anilines is 3. The molecule has 172 valence electrons. The largest absolute Gasteiger partial charge is 0.475 e. The first-order valence-corrected chi connectivity index (χ1v) is 11.0. The molecule has 3 fully saturated rings. The van der Waals surface area contributed by atoms with Gasteiger partial charge in [-0.2, -0.15) is 9.37 Å². The van der Waals surface area contributed by atoms with Crippen molar-refractivity contribution in [3.63, 3.8) is 0 Å². The Hall–Kier alpha value is -2.59. The van der Waals surface area contributed by atoms with Crippen LogP contribution in [0.3, 0.4) is 0 Å². The highest BCUT2D eigenvalue weighted by molar-refractivity contribution is 5.60. The maximum Gasteiger partial charge on any atom is 0.266 e. The Morgan fingerprint density at radius 3 is 2.62 bits per heavy atom. The topological polar surface area (TPSA) is 71.5 Å². The number of piperidine rings is 1. The van der Waals surface area contributed by atoms with E-state index in [2.05, 4.69) is 25.5 Å². The van der Waals surface area contributed by atoms with Gasteiger partial charge in [0.2, 0.25) is 11.8 Å². The lowest BCUT2D eigenvalue weighted by Crippen LogP contribution is -2.48. The second kappa shape index (κ2) is 8.74. The molecule has 1 aromatic heterocycles. The lowest BCUT2D eigenvalue weighted by Gasteiger charge is -2.36. The van der Waals surface area contributed by atoms with Gasteiger partial charge in [-0.05, 0) is 50.1 Å². The summed E-state index contributed by atoms with van der Waals surface area (Å²) in [6.45, 7) is 1.28. The molecule has 3 saturated heterocycles. The number of nitrogens with one attached hydrogen (secondary N) is 2. The first kappa shape index (κ1) is 21.3. The van der Waals surface area contributed by atoms with Crippen LogP contribution in [0.2, 0.25) is 0 Å². The van der Waals surface area contributed by atoms with E-state index >= 15 is 0 Å². The van der Waals surface area contributed by atoms with Crippen molar-refractivity contribution in [1.29, 1.82) is 0 Å². The van der Waals surface area contributed by atoms with E-state index in [4.69, 9.17) is 9.47 Å². The van der Waals surface area contributed by atoms with E-state index in [9.17, 15) is 13.2 Å². The third-order valence-corrected chi connectivity index (χ3v) is 6.42. The van der Waals surface area contributed by atoms with Crippen LogP contribution < -0.4 is 20.3 Å². The summed E-state index contributed by atoms with van der Waals surface area (Å²) in [5.74, 6) is -4.87. The highest BCUT2D eigenvalue weighted by atomic mass is 19.3. The predicted molar refractivity (Wildman–Crippen MR) is 113 cm³/mol. The highest BCUT2D eigenvalue weighted by Gasteiger charge is 2.42. The van der Waals surface area contributed by atoms with Crippen molar-refractivity contribution < 1.29 is 22.6 Å². The molecule has 3 aliphatic rings. The van der Waals surface area contributed by atoms with Crippen LogP contribution in [0.5, 0.6) is 5.88 Å². The zero-order valence-corrected chi connectivity index (χ0v) is 17.6. The number of hydrogen-bond donors (Lipinski definition) is 2. The van der Waals surface area contributed by atoms with Gasteiger partial charge in [0.05, 0.1) is 50.6 Å². The van der Waals surface area contributed by atoms with Crippen molar-refractivity contribution >= 4 is 17.3 Å². The minimum absolute atomic E-state index is 0.137. The molecule has 32 heavy (non-hydrogen) atoms. The molecule has 2 unspecified atom stereocenters. The van der Waals surface area contributed by atoms with Crippen LogP contribution in [0, 0.1) is 11.7 Å². The van der Waals surface area contributed by atoms with Crippen LogP contribution in [0.1, 0.15) is 19.3 Å². The predicted octanol–water partition coefficient (Wildman–Crippen LogP) is 3.35. The van der Waals surface area contributed by atoms with E-state index in [-0.39, 0.29) is 24.9 Å².